The van der Waals surface area contributed by atoms with Gasteiger partial charge in [-0.3, -0.25) is 0 Å². The van der Waals surface area contributed by atoms with Gasteiger partial charge in [0.05, 0.1) is 0 Å². The minimum atomic E-state index is 0.250. The van der Waals surface area contributed by atoms with Gasteiger partial charge < -0.3 is 5.11 Å². The quantitative estimate of drug-likeness (QED) is 0.430. The van der Waals surface area contributed by atoms with E-state index < -0.39 is 0 Å². The summed E-state index contributed by atoms with van der Waals surface area (Å²) >= 11 is 1.73. The molecule has 0 saturated carbocycles. The highest BCUT2D eigenvalue weighted by Gasteiger charge is 1.92. The molecule has 0 radical (unpaired) electrons. The summed E-state index contributed by atoms with van der Waals surface area (Å²) in [5.74, 6) is 1.24. The number of aliphatic hydroxyl groups is 1. The first-order valence-corrected chi connectivity index (χ1v) is 4.11. The average Bonchev–Trinajstić information content (AvgIpc) is 1.93. The van der Waals surface area contributed by atoms with E-state index in [1.54, 1.807) is 18.9 Å². The smallest absolute Gasteiger partial charge is 0.0402 e. The van der Waals surface area contributed by atoms with E-state index in [2.05, 4.69) is 10.3 Å². The van der Waals surface area contributed by atoms with Gasteiger partial charge in [-0.05, 0) is 13.3 Å². The van der Waals surface area contributed by atoms with Gasteiger partial charge in [-0.1, -0.05) is 11.9 Å². The zero-order chi connectivity index (χ0) is 6.95. The maximum Gasteiger partial charge on any atom is 0.0402 e. The fourth-order valence-electron chi connectivity index (χ4n) is 0.386. The Hall–Kier alpha value is 0.230. The second kappa shape index (κ2) is 8.23. The first kappa shape index (κ1) is 9.23. The first-order chi connectivity index (χ1) is 4.41. The largest absolute Gasteiger partial charge is 0.397 e. The Labute approximate surface area is 60.3 Å². The summed E-state index contributed by atoms with van der Waals surface area (Å²) in [7, 11) is 0. The molecule has 0 amide bonds. The number of nitrogens with one attached hydrogen (secondary N) is 2. The highest BCUT2D eigenvalue weighted by atomic mass is 32.2. The molecule has 56 valence electrons. The Morgan fingerprint density at radius 2 is 2.33 bits per heavy atom. The zero-order valence-corrected chi connectivity index (χ0v) is 6.50. The molecule has 9 heavy (non-hydrogen) atoms. The minimum absolute atomic E-state index is 0.250. The third-order valence-corrected chi connectivity index (χ3v) is 1.47. The lowest BCUT2D eigenvalue weighted by Gasteiger charge is -2.10. The van der Waals surface area contributed by atoms with Gasteiger partial charge >= 0.3 is 0 Å². The Morgan fingerprint density at radius 3 is 2.44 bits per heavy atom. The van der Waals surface area contributed by atoms with E-state index in [-0.39, 0.29) is 6.61 Å². The van der Waals surface area contributed by atoms with Crippen molar-refractivity contribution >= 4 is 11.9 Å². The second-order valence-corrected chi connectivity index (χ2v) is 2.45. The molecule has 3 N–H and O–H groups in total. The lowest BCUT2D eigenvalue weighted by molar-refractivity contribution is 0.318. The summed E-state index contributed by atoms with van der Waals surface area (Å²) in [5, 5.41) is 7.57. The molecule has 4 heteroatoms. The van der Waals surface area contributed by atoms with Gasteiger partial charge in [-0.15, -0.1) is 0 Å². The van der Waals surface area contributed by atoms with Gasteiger partial charge in [-0.2, -0.15) is 0 Å². The number of aliphatic hydroxyl groups excluding tert-OH is 1. The molecule has 1 heterocycles. The van der Waals surface area contributed by atoms with Crippen molar-refractivity contribution in [2.45, 2.75) is 13.3 Å². The summed E-state index contributed by atoms with van der Waals surface area (Å²) in [6, 6.07) is 0. The molecule has 1 rings (SSSR count). The van der Waals surface area contributed by atoms with Crippen LogP contribution in [0.15, 0.2) is 0 Å². The molecule has 0 aromatic carbocycles. The van der Waals surface area contributed by atoms with E-state index in [9.17, 15) is 0 Å². The van der Waals surface area contributed by atoms with Gasteiger partial charge in [0.2, 0.25) is 0 Å². The van der Waals surface area contributed by atoms with Crippen molar-refractivity contribution in [2.75, 3.05) is 18.9 Å². The third kappa shape index (κ3) is 8.23. The van der Waals surface area contributed by atoms with E-state index in [4.69, 9.17) is 5.11 Å². The van der Waals surface area contributed by atoms with Crippen LogP contribution >= 0.6 is 11.9 Å². The summed E-state index contributed by atoms with van der Waals surface area (Å²) in [6.07, 6.45) is 1.29. The molecule has 0 bridgehead atoms. The molecule has 0 unspecified atom stereocenters. The van der Waals surface area contributed by atoms with Gasteiger partial charge in [-0.25, -0.2) is 10.3 Å². The summed E-state index contributed by atoms with van der Waals surface area (Å²) in [6.45, 7) is 3.05. The number of hydrogen-bond donors (Lipinski definition) is 3. The standard InChI is InChI=1S/C3H8N2S.C2H6O/c1-2-4-5-6-3-1;1-2-3/h4-5H,1-3H2;3H,2H2,1H3. The minimum Gasteiger partial charge on any atom is -0.397 e. The van der Waals surface area contributed by atoms with Gasteiger partial charge in [0.15, 0.2) is 0 Å². The maximum atomic E-state index is 7.57. The molecule has 0 aliphatic carbocycles. The Bertz CT molecular complexity index is 38.7. The summed E-state index contributed by atoms with van der Waals surface area (Å²) < 4.78 is 0. The lowest BCUT2D eigenvalue weighted by Crippen LogP contribution is -2.31. The van der Waals surface area contributed by atoms with E-state index >= 15 is 0 Å². The molecule has 3 nitrogen and oxygen atoms in total. The van der Waals surface area contributed by atoms with Gasteiger partial charge in [0, 0.05) is 18.9 Å². The molecule has 1 saturated heterocycles. The average molecular weight is 150 g/mol. The molecule has 0 spiro atoms. The van der Waals surface area contributed by atoms with Crippen LogP contribution in [0.1, 0.15) is 13.3 Å². The van der Waals surface area contributed by atoms with Crippen LogP contribution in [0.2, 0.25) is 0 Å². The van der Waals surface area contributed by atoms with Crippen LogP contribution in [-0.2, 0) is 0 Å². The molecule has 0 aromatic rings. The number of hydrazine groups is 1. The van der Waals surface area contributed by atoms with Crippen molar-refractivity contribution in [1.82, 2.24) is 10.3 Å². The van der Waals surface area contributed by atoms with Crippen LogP contribution in [0.5, 0.6) is 0 Å². The fourth-order valence-corrected chi connectivity index (χ4v) is 0.981. The second-order valence-electron chi connectivity index (χ2n) is 1.55. The molecule has 1 aliphatic rings. The predicted octanol–water partition coefficient (Wildman–Crippen LogP) is 0.131. The van der Waals surface area contributed by atoms with Crippen LogP contribution in [0, 0.1) is 0 Å². The Balaban J connectivity index is 0.000000187. The van der Waals surface area contributed by atoms with Crippen molar-refractivity contribution in [2.24, 2.45) is 0 Å². The van der Waals surface area contributed by atoms with Crippen molar-refractivity contribution in [3.8, 4) is 0 Å². The van der Waals surface area contributed by atoms with E-state index in [1.165, 1.54) is 12.2 Å². The lowest BCUT2D eigenvalue weighted by atomic mass is 10.5. The van der Waals surface area contributed by atoms with Crippen LogP contribution in [0.3, 0.4) is 0 Å². The Kier molecular flexibility index (Phi) is 8.44. The molecule has 1 fully saturated rings. The van der Waals surface area contributed by atoms with E-state index in [1.807, 2.05) is 0 Å². The molecular formula is C5H14N2OS. The highest BCUT2D eigenvalue weighted by molar-refractivity contribution is 7.97. The van der Waals surface area contributed by atoms with Crippen LogP contribution in [-0.4, -0.2) is 24.0 Å². The van der Waals surface area contributed by atoms with E-state index in [0.29, 0.717) is 0 Å². The van der Waals surface area contributed by atoms with Crippen molar-refractivity contribution in [3.05, 3.63) is 0 Å². The normalized spacial score (nSPS) is 18.0. The van der Waals surface area contributed by atoms with Crippen molar-refractivity contribution in [1.29, 1.82) is 0 Å². The maximum absolute atomic E-state index is 7.57. The van der Waals surface area contributed by atoms with E-state index in [0.717, 1.165) is 6.54 Å². The zero-order valence-electron chi connectivity index (χ0n) is 5.68. The molecule has 0 aromatic heterocycles. The molecular weight excluding hydrogens is 136 g/mol. The Morgan fingerprint density at radius 1 is 1.67 bits per heavy atom. The highest BCUT2D eigenvalue weighted by Crippen LogP contribution is 1.96. The van der Waals surface area contributed by atoms with Crippen LogP contribution < -0.4 is 10.3 Å². The number of rotatable bonds is 0. The third-order valence-electron chi connectivity index (χ3n) is 0.693. The first-order valence-electron chi connectivity index (χ1n) is 3.12. The monoisotopic (exact) mass is 150 g/mol. The topological polar surface area (TPSA) is 44.3 Å². The van der Waals surface area contributed by atoms with Crippen molar-refractivity contribution in [3.63, 3.8) is 0 Å². The molecule has 1 aliphatic heterocycles. The number of hydrogen-bond acceptors (Lipinski definition) is 4. The van der Waals surface area contributed by atoms with Crippen molar-refractivity contribution < 1.29 is 5.11 Å². The fraction of sp³-hybridized carbons (Fsp3) is 1.00. The van der Waals surface area contributed by atoms with Crippen LogP contribution in [0.4, 0.5) is 0 Å². The van der Waals surface area contributed by atoms with Gasteiger partial charge in [0.1, 0.15) is 0 Å². The SMILES string of the molecule is C1CNNSC1.CCO. The summed E-state index contributed by atoms with van der Waals surface area (Å²) in [4.78, 5) is 2.95. The van der Waals surface area contributed by atoms with Gasteiger partial charge in [0.25, 0.3) is 0 Å². The molecule has 0 atom stereocenters. The van der Waals surface area contributed by atoms with Crippen LogP contribution in [0.25, 0.3) is 0 Å². The predicted molar refractivity (Wildman–Crippen MR) is 41.0 cm³/mol. The summed E-state index contributed by atoms with van der Waals surface area (Å²) in [5.41, 5.74) is 3.00.